The molecule has 2 heterocycles. The number of ether oxygens (including phenoxy) is 3. The minimum atomic E-state index is -0.152. The first-order chi connectivity index (χ1) is 13.7. The van der Waals surface area contributed by atoms with Crippen LogP contribution in [0.15, 0.2) is 48.5 Å². The molecule has 0 spiro atoms. The van der Waals surface area contributed by atoms with Gasteiger partial charge in [-0.05, 0) is 37.1 Å². The van der Waals surface area contributed by atoms with Crippen LogP contribution in [0, 0.1) is 0 Å². The van der Waals surface area contributed by atoms with Gasteiger partial charge in [0.2, 0.25) is 0 Å². The molecule has 4 rings (SSSR count). The average Bonchev–Trinajstić information content (AvgIpc) is 3.39. The van der Waals surface area contributed by atoms with E-state index in [1.807, 2.05) is 36.4 Å². The monoisotopic (exact) mass is 398 g/mol. The van der Waals surface area contributed by atoms with E-state index in [9.17, 15) is 4.79 Å². The number of thiazole rings is 1. The molecule has 1 atom stereocenters. The number of carbonyl (C=O) groups is 1. The molecular formula is C21H22N2O4S. The SMILES string of the molecule is COc1ccccc1OCC(=O)N(C[C@@H]1CCCO1)c1nc2ccccc2s1. The Morgan fingerprint density at radius 2 is 2.00 bits per heavy atom. The number of hydrogen-bond donors (Lipinski definition) is 0. The molecular weight excluding hydrogens is 376 g/mol. The molecule has 2 aromatic carbocycles. The van der Waals surface area contributed by atoms with Gasteiger partial charge in [0.1, 0.15) is 0 Å². The summed E-state index contributed by atoms with van der Waals surface area (Å²) in [5, 5.41) is 0.672. The third kappa shape index (κ3) is 4.10. The van der Waals surface area contributed by atoms with E-state index in [2.05, 4.69) is 4.98 Å². The quantitative estimate of drug-likeness (QED) is 0.604. The topological polar surface area (TPSA) is 60.9 Å². The van der Waals surface area contributed by atoms with E-state index in [-0.39, 0.29) is 18.6 Å². The maximum absolute atomic E-state index is 13.1. The lowest BCUT2D eigenvalue weighted by Crippen LogP contribution is -2.40. The lowest BCUT2D eigenvalue weighted by Gasteiger charge is -2.23. The van der Waals surface area contributed by atoms with Crippen molar-refractivity contribution in [2.75, 3.05) is 31.8 Å². The summed E-state index contributed by atoms with van der Waals surface area (Å²) >= 11 is 1.50. The molecule has 146 valence electrons. The molecule has 0 unspecified atom stereocenters. The summed E-state index contributed by atoms with van der Waals surface area (Å²) in [6, 6.07) is 15.2. The van der Waals surface area contributed by atoms with Crippen LogP contribution in [0.3, 0.4) is 0 Å². The molecule has 1 aliphatic rings. The van der Waals surface area contributed by atoms with Crippen LogP contribution in [-0.4, -0.2) is 43.9 Å². The van der Waals surface area contributed by atoms with Crippen LogP contribution in [0.1, 0.15) is 12.8 Å². The maximum atomic E-state index is 13.1. The third-order valence-corrected chi connectivity index (χ3v) is 5.70. The van der Waals surface area contributed by atoms with Crippen LogP contribution in [0.2, 0.25) is 0 Å². The van der Waals surface area contributed by atoms with Gasteiger partial charge in [-0.3, -0.25) is 9.69 Å². The fourth-order valence-corrected chi connectivity index (χ4v) is 4.20. The number of methoxy groups -OCH3 is 1. The predicted molar refractivity (Wildman–Crippen MR) is 109 cm³/mol. The van der Waals surface area contributed by atoms with Crippen molar-refractivity contribution in [3.05, 3.63) is 48.5 Å². The zero-order chi connectivity index (χ0) is 19.3. The summed E-state index contributed by atoms with van der Waals surface area (Å²) in [5.41, 5.74) is 0.887. The zero-order valence-electron chi connectivity index (χ0n) is 15.7. The maximum Gasteiger partial charge on any atom is 0.266 e. The number of para-hydroxylation sites is 3. The Morgan fingerprint density at radius 3 is 2.75 bits per heavy atom. The third-order valence-electron chi connectivity index (χ3n) is 4.64. The van der Waals surface area contributed by atoms with Gasteiger partial charge in [0.05, 0.1) is 30.0 Å². The molecule has 6 nitrogen and oxygen atoms in total. The Hall–Kier alpha value is -2.64. The van der Waals surface area contributed by atoms with Crippen molar-refractivity contribution >= 4 is 32.6 Å². The minimum Gasteiger partial charge on any atom is -0.493 e. The van der Waals surface area contributed by atoms with E-state index in [1.54, 1.807) is 24.1 Å². The zero-order valence-corrected chi connectivity index (χ0v) is 16.5. The number of nitrogens with zero attached hydrogens (tertiary/aromatic N) is 2. The van der Waals surface area contributed by atoms with Crippen LogP contribution < -0.4 is 14.4 Å². The molecule has 0 N–H and O–H groups in total. The molecule has 0 aliphatic carbocycles. The van der Waals surface area contributed by atoms with Gasteiger partial charge in [-0.1, -0.05) is 35.6 Å². The van der Waals surface area contributed by atoms with Crippen molar-refractivity contribution in [2.24, 2.45) is 0 Å². The lowest BCUT2D eigenvalue weighted by molar-refractivity contribution is -0.121. The van der Waals surface area contributed by atoms with E-state index in [0.29, 0.717) is 23.2 Å². The summed E-state index contributed by atoms with van der Waals surface area (Å²) in [4.78, 5) is 19.4. The number of rotatable bonds is 7. The molecule has 1 amide bonds. The molecule has 0 radical (unpaired) electrons. The summed E-state index contributed by atoms with van der Waals surface area (Å²) < 4.78 is 17.8. The van der Waals surface area contributed by atoms with E-state index in [1.165, 1.54) is 11.3 Å². The molecule has 1 saturated heterocycles. The van der Waals surface area contributed by atoms with Gasteiger partial charge >= 0.3 is 0 Å². The number of hydrogen-bond acceptors (Lipinski definition) is 6. The number of benzene rings is 2. The highest BCUT2D eigenvalue weighted by Gasteiger charge is 2.26. The summed E-state index contributed by atoms with van der Waals surface area (Å²) in [5.74, 6) is 0.987. The second-order valence-electron chi connectivity index (χ2n) is 6.54. The smallest absolute Gasteiger partial charge is 0.266 e. The van der Waals surface area contributed by atoms with Crippen LogP contribution in [-0.2, 0) is 9.53 Å². The first kappa shape index (κ1) is 18.7. The van der Waals surface area contributed by atoms with Crippen molar-refractivity contribution in [3.8, 4) is 11.5 Å². The Labute approximate surface area is 167 Å². The molecule has 3 aromatic rings. The molecule has 7 heteroatoms. The van der Waals surface area contributed by atoms with Crippen LogP contribution in [0.4, 0.5) is 5.13 Å². The normalized spacial score (nSPS) is 16.2. The van der Waals surface area contributed by atoms with Crippen molar-refractivity contribution < 1.29 is 19.0 Å². The minimum absolute atomic E-state index is 0.0298. The van der Waals surface area contributed by atoms with E-state index in [4.69, 9.17) is 14.2 Å². The molecule has 1 aromatic heterocycles. The average molecular weight is 398 g/mol. The van der Waals surface area contributed by atoms with Crippen molar-refractivity contribution in [2.45, 2.75) is 18.9 Å². The van der Waals surface area contributed by atoms with Gasteiger partial charge in [0.25, 0.3) is 5.91 Å². The summed E-state index contributed by atoms with van der Waals surface area (Å²) in [6.07, 6.45) is 1.99. The van der Waals surface area contributed by atoms with E-state index in [0.717, 1.165) is 29.7 Å². The standard InChI is InChI=1S/C21H22N2O4S/c1-25-17-9-3-4-10-18(17)27-14-20(24)23(13-15-7-6-12-26-15)21-22-16-8-2-5-11-19(16)28-21/h2-5,8-11,15H,6-7,12-14H2,1H3/t15-/m0/s1. The number of aromatic nitrogens is 1. The summed E-state index contributed by atoms with van der Waals surface area (Å²) in [6.45, 7) is 1.13. The van der Waals surface area contributed by atoms with Crippen LogP contribution in [0.25, 0.3) is 10.2 Å². The Kier molecular flexibility index (Phi) is 5.73. The highest BCUT2D eigenvalue weighted by atomic mass is 32.1. The van der Waals surface area contributed by atoms with Gasteiger partial charge in [0.15, 0.2) is 23.2 Å². The van der Waals surface area contributed by atoms with Crippen LogP contribution in [0.5, 0.6) is 11.5 Å². The van der Waals surface area contributed by atoms with E-state index < -0.39 is 0 Å². The molecule has 0 bridgehead atoms. The van der Waals surface area contributed by atoms with E-state index >= 15 is 0 Å². The number of amides is 1. The number of carbonyl (C=O) groups excluding carboxylic acids is 1. The highest BCUT2D eigenvalue weighted by molar-refractivity contribution is 7.22. The molecule has 0 saturated carbocycles. The van der Waals surface area contributed by atoms with Crippen molar-refractivity contribution in [1.29, 1.82) is 0 Å². The molecule has 1 fully saturated rings. The number of anilines is 1. The first-order valence-corrected chi connectivity index (χ1v) is 10.1. The molecule has 28 heavy (non-hydrogen) atoms. The molecule has 1 aliphatic heterocycles. The van der Waals surface area contributed by atoms with Gasteiger partial charge in [0, 0.05) is 6.61 Å². The Bertz CT molecular complexity index is 919. The Balaban J connectivity index is 1.54. The van der Waals surface area contributed by atoms with Crippen molar-refractivity contribution in [1.82, 2.24) is 4.98 Å². The largest absolute Gasteiger partial charge is 0.493 e. The summed E-state index contributed by atoms with van der Waals surface area (Å²) in [7, 11) is 1.58. The predicted octanol–water partition coefficient (Wildman–Crippen LogP) is 3.90. The van der Waals surface area contributed by atoms with Gasteiger partial charge < -0.3 is 14.2 Å². The van der Waals surface area contributed by atoms with Crippen molar-refractivity contribution in [3.63, 3.8) is 0 Å². The Morgan fingerprint density at radius 1 is 1.21 bits per heavy atom. The fraction of sp³-hybridized carbons (Fsp3) is 0.333. The highest BCUT2D eigenvalue weighted by Crippen LogP contribution is 2.30. The van der Waals surface area contributed by atoms with Crippen LogP contribution >= 0.6 is 11.3 Å². The second-order valence-corrected chi connectivity index (χ2v) is 7.55. The van der Waals surface area contributed by atoms with Gasteiger partial charge in [-0.15, -0.1) is 0 Å². The fourth-order valence-electron chi connectivity index (χ4n) is 3.21. The second kappa shape index (κ2) is 8.58. The van der Waals surface area contributed by atoms with Gasteiger partial charge in [-0.25, -0.2) is 4.98 Å². The lowest BCUT2D eigenvalue weighted by atomic mass is 10.2. The van der Waals surface area contributed by atoms with Gasteiger partial charge in [-0.2, -0.15) is 0 Å². The number of fused-ring (bicyclic) bond motifs is 1. The first-order valence-electron chi connectivity index (χ1n) is 9.28.